The summed E-state index contributed by atoms with van der Waals surface area (Å²) in [6.45, 7) is 6.17. The molecule has 26 heavy (non-hydrogen) atoms. The second-order valence-corrected chi connectivity index (χ2v) is 6.33. The van der Waals surface area contributed by atoms with Crippen LogP contribution in [0, 0.1) is 6.92 Å². The van der Waals surface area contributed by atoms with E-state index in [1.54, 1.807) is 23.6 Å². The first-order valence-corrected chi connectivity index (χ1v) is 8.75. The molecule has 0 atom stereocenters. The predicted molar refractivity (Wildman–Crippen MR) is 95.5 cm³/mol. The van der Waals surface area contributed by atoms with Gasteiger partial charge in [-0.2, -0.15) is 10.2 Å². The first kappa shape index (κ1) is 18.4. The van der Waals surface area contributed by atoms with Crippen molar-refractivity contribution in [1.82, 2.24) is 24.5 Å². The molecule has 3 heterocycles. The highest BCUT2D eigenvalue weighted by Crippen LogP contribution is 2.23. The third-order valence-corrected chi connectivity index (χ3v) is 4.82. The molecule has 2 amide bonds. The van der Waals surface area contributed by atoms with Crippen molar-refractivity contribution in [2.24, 2.45) is 7.05 Å². The molecule has 1 fully saturated rings. The van der Waals surface area contributed by atoms with Crippen LogP contribution in [0.1, 0.15) is 33.6 Å². The summed E-state index contributed by atoms with van der Waals surface area (Å²) in [7, 11) is 1.71. The summed E-state index contributed by atoms with van der Waals surface area (Å²) < 4.78 is 8.39. The smallest absolute Gasteiger partial charge is 0.277 e. The van der Waals surface area contributed by atoms with Crippen LogP contribution in [0.2, 0.25) is 5.02 Å². The van der Waals surface area contributed by atoms with E-state index in [1.165, 1.54) is 10.9 Å². The van der Waals surface area contributed by atoms with E-state index in [-0.39, 0.29) is 16.6 Å². The Morgan fingerprint density at radius 2 is 2.04 bits per heavy atom. The third kappa shape index (κ3) is 3.32. The monoisotopic (exact) mass is 380 g/mol. The number of aryl methyl sites for hydroxylation is 2. The molecule has 9 nitrogen and oxygen atoms in total. The lowest BCUT2D eigenvalue weighted by Crippen LogP contribution is -2.41. The minimum absolute atomic E-state index is 0.112. The van der Waals surface area contributed by atoms with E-state index in [2.05, 4.69) is 15.5 Å². The number of carbonyl (C=O) groups is 2. The molecule has 0 aromatic carbocycles. The average molecular weight is 381 g/mol. The van der Waals surface area contributed by atoms with Crippen molar-refractivity contribution in [3.05, 3.63) is 28.3 Å². The maximum atomic E-state index is 12.9. The van der Waals surface area contributed by atoms with E-state index in [9.17, 15) is 9.59 Å². The quantitative estimate of drug-likeness (QED) is 0.863. The fourth-order valence-electron chi connectivity index (χ4n) is 2.77. The Hall–Kier alpha value is -2.39. The summed E-state index contributed by atoms with van der Waals surface area (Å²) in [5, 5.41) is 11.3. The number of ether oxygens (including phenoxy) is 1. The molecule has 2 aromatic heterocycles. The molecule has 0 spiro atoms. The maximum absolute atomic E-state index is 12.9. The van der Waals surface area contributed by atoms with E-state index >= 15 is 0 Å². The molecule has 0 bridgehead atoms. The molecule has 140 valence electrons. The van der Waals surface area contributed by atoms with Crippen LogP contribution >= 0.6 is 11.6 Å². The SMILES string of the molecule is CCn1ncc(NC(=O)c2nn(C)c(C)c2Cl)c1C(=O)N1CCOCC1. The van der Waals surface area contributed by atoms with Crippen LogP contribution in [0.3, 0.4) is 0 Å². The molecule has 10 heteroatoms. The molecule has 0 saturated carbocycles. The lowest BCUT2D eigenvalue weighted by Gasteiger charge is -2.27. The molecule has 1 aliphatic heterocycles. The van der Waals surface area contributed by atoms with E-state index in [0.29, 0.717) is 49.9 Å². The highest BCUT2D eigenvalue weighted by Gasteiger charge is 2.27. The van der Waals surface area contributed by atoms with Gasteiger partial charge in [0.15, 0.2) is 5.69 Å². The highest BCUT2D eigenvalue weighted by molar-refractivity contribution is 6.34. The molecular formula is C16H21ClN6O3. The number of hydrogen-bond donors (Lipinski definition) is 1. The van der Waals surface area contributed by atoms with Gasteiger partial charge in [-0.05, 0) is 13.8 Å². The fraction of sp³-hybridized carbons (Fsp3) is 0.500. The molecule has 2 aromatic rings. The number of amides is 2. The van der Waals surface area contributed by atoms with Gasteiger partial charge in [-0.1, -0.05) is 11.6 Å². The second-order valence-electron chi connectivity index (χ2n) is 5.95. The van der Waals surface area contributed by atoms with Crippen molar-refractivity contribution in [3.8, 4) is 0 Å². The van der Waals surface area contributed by atoms with E-state index in [4.69, 9.17) is 16.3 Å². The van der Waals surface area contributed by atoms with Gasteiger partial charge >= 0.3 is 0 Å². The van der Waals surface area contributed by atoms with Crippen molar-refractivity contribution >= 4 is 29.1 Å². The van der Waals surface area contributed by atoms with Gasteiger partial charge < -0.3 is 15.0 Å². The Balaban J connectivity index is 1.88. The first-order chi connectivity index (χ1) is 12.4. The number of nitrogens with zero attached hydrogens (tertiary/aromatic N) is 5. The number of aromatic nitrogens is 4. The summed E-state index contributed by atoms with van der Waals surface area (Å²) in [5.41, 5.74) is 1.48. The van der Waals surface area contributed by atoms with Crippen LogP contribution in [-0.2, 0) is 18.3 Å². The molecule has 1 N–H and O–H groups in total. The standard InChI is InChI=1S/C16H21ClN6O3/c1-4-23-14(16(25)22-5-7-26-8-6-22)11(9-18-23)19-15(24)13-12(17)10(2)21(3)20-13/h9H,4-8H2,1-3H3,(H,19,24). The van der Waals surface area contributed by atoms with Crippen molar-refractivity contribution < 1.29 is 14.3 Å². The normalized spacial score (nSPS) is 14.5. The number of rotatable bonds is 4. The lowest BCUT2D eigenvalue weighted by atomic mass is 10.2. The molecule has 0 radical (unpaired) electrons. The van der Waals surface area contributed by atoms with Crippen molar-refractivity contribution in [2.75, 3.05) is 31.6 Å². The molecule has 3 rings (SSSR count). The topological polar surface area (TPSA) is 94.3 Å². The number of carbonyl (C=O) groups excluding carboxylic acids is 2. The van der Waals surface area contributed by atoms with Gasteiger partial charge in [-0.25, -0.2) is 0 Å². The first-order valence-electron chi connectivity index (χ1n) is 8.37. The van der Waals surface area contributed by atoms with Crippen LogP contribution in [-0.4, -0.2) is 62.6 Å². The maximum Gasteiger partial charge on any atom is 0.277 e. The number of halogens is 1. The van der Waals surface area contributed by atoms with Gasteiger partial charge in [0.05, 0.1) is 35.8 Å². The van der Waals surface area contributed by atoms with Crippen molar-refractivity contribution in [1.29, 1.82) is 0 Å². The number of nitrogens with one attached hydrogen (secondary N) is 1. The average Bonchev–Trinajstić information content (AvgIpc) is 3.17. The highest BCUT2D eigenvalue weighted by atomic mass is 35.5. The van der Waals surface area contributed by atoms with E-state index < -0.39 is 5.91 Å². The zero-order valence-electron chi connectivity index (χ0n) is 15.0. The zero-order chi connectivity index (χ0) is 18.8. The summed E-state index contributed by atoms with van der Waals surface area (Å²) in [6, 6.07) is 0. The second kappa shape index (κ2) is 7.46. The summed E-state index contributed by atoms with van der Waals surface area (Å²) in [6.07, 6.45) is 1.47. The lowest BCUT2D eigenvalue weighted by molar-refractivity contribution is 0.0295. The van der Waals surface area contributed by atoms with E-state index in [0.717, 1.165) is 0 Å². The summed E-state index contributed by atoms with van der Waals surface area (Å²) >= 11 is 6.18. The third-order valence-electron chi connectivity index (χ3n) is 4.36. The number of hydrogen-bond acceptors (Lipinski definition) is 5. The van der Waals surface area contributed by atoms with Gasteiger partial charge in [0.25, 0.3) is 11.8 Å². The minimum Gasteiger partial charge on any atom is -0.378 e. The van der Waals surface area contributed by atoms with Gasteiger partial charge in [-0.15, -0.1) is 0 Å². The van der Waals surface area contributed by atoms with E-state index in [1.807, 2.05) is 6.92 Å². The van der Waals surface area contributed by atoms with Crippen molar-refractivity contribution in [2.45, 2.75) is 20.4 Å². The van der Waals surface area contributed by atoms with Crippen LogP contribution in [0.15, 0.2) is 6.20 Å². The Bertz CT molecular complexity index is 837. The Labute approximate surface area is 155 Å². The largest absolute Gasteiger partial charge is 0.378 e. The van der Waals surface area contributed by atoms with Gasteiger partial charge in [-0.3, -0.25) is 19.0 Å². The Morgan fingerprint density at radius 1 is 1.35 bits per heavy atom. The minimum atomic E-state index is -0.481. The van der Waals surface area contributed by atoms with Crippen LogP contribution in [0.25, 0.3) is 0 Å². The molecule has 1 saturated heterocycles. The zero-order valence-corrected chi connectivity index (χ0v) is 15.7. The van der Waals surface area contributed by atoms with Gasteiger partial charge in [0.2, 0.25) is 0 Å². The Morgan fingerprint density at radius 3 is 2.62 bits per heavy atom. The van der Waals surface area contributed by atoms with Crippen LogP contribution in [0.4, 0.5) is 5.69 Å². The van der Waals surface area contributed by atoms with Crippen LogP contribution < -0.4 is 5.32 Å². The summed E-state index contributed by atoms with van der Waals surface area (Å²) in [5.74, 6) is -0.670. The molecular weight excluding hydrogens is 360 g/mol. The molecule has 1 aliphatic rings. The van der Waals surface area contributed by atoms with Crippen LogP contribution in [0.5, 0.6) is 0 Å². The number of morpholine rings is 1. The predicted octanol–water partition coefficient (Wildman–Crippen LogP) is 1.32. The van der Waals surface area contributed by atoms with Gasteiger partial charge in [0, 0.05) is 26.7 Å². The molecule has 0 unspecified atom stereocenters. The van der Waals surface area contributed by atoms with Gasteiger partial charge in [0.1, 0.15) is 5.69 Å². The summed E-state index contributed by atoms with van der Waals surface area (Å²) in [4.78, 5) is 27.2. The van der Waals surface area contributed by atoms with Crippen molar-refractivity contribution in [3.63, 3.8) is 0 Å². The molecule has 0 aliphatic carbocycles. The fourth-order valence-corrected chi connectivity index (χ4v) is 3.01. The Kier molecular flexibility index (Phi) is 5.28. The number of anilines is 1.